The average Bonchev–Trinajstić information content (AvgIpc) is 3.56. The number of carbonyl (C=O) groups excluding carboxylic acids is 2. The van der Waals surface area contributed by atoms with Crippen LogP contribution in [-0.4, -0.2) is 23.9 Å². The summed E-state index contributed by atoms with van der Waals surface area (Å²) in [4.78, 5) is 29.9. The molecule has 5 rings (SSSR count). The Balaban J connectivity index is 1.63. The number of methoxy groups -OCH3 is 1. The minimum absolute atomic E-state index is 0.108. The Morgan fingerprint density at radius 3 is 2.67 bits per heavy atom. The van der Waals surface area contributed by atoms with Crippen molar-refractivity contribution < 1.29 is 14.3 Å². The molecule has 164 valence electrons. The molecule has 2 aromatic heterocycles. The average molecular weight is 456 g/mol. The van der Waals surface area contributed by atoms with Gasteiger partial charge in [0.25, 0.3) is 5.91 Å². The van der Waals surface area contributed by atoms with Crippen LogP contribution in [0.1, 0.15) is 16.1 Å². The van der Waals surface area contributed by atoms with Crippen molar-refractivity contribution >= 4 is 46.2 Å². The van der Waals surface area contributed by atoms with Crippen molar-refractivity contribution in [2.75, 3.05) is 17.7 Å². The SMILES string of the molecule is COc1cc[nH]c1C=C1C(=O)Nc2ccc(NC(=O)Cc3cccs3)c(-c3ccccc3)c21. The molecule has 3 heterocycles. The van der Waals surface area contributed by atoms with E-state index in [4.69, 9.17) is 4.74 Å². The number of nitrogens with one attached hydrogen (secondary N) is 3. The topological polar surface area (TPSA) is 83.2 Å². The normalized spacial score (nSPS) is 13.6. The quantitative estimate of drug-likeness (QED) is 0.339. The van der Waals surface area contributed by atoms with Crippen LogP contribution in [0.5, 0.6) is 5.75 Å². The van der Waals surface area contributed by atoms with E-state index in [1.54, 1.807) is 36.8 Å². The molecular weight excluding hydrogens is 434 g/mol. The van der Waals surface area contributed by atoms with Crippen LogP contribution in [0.15, 0.2) is 72.2 Å². The van der Waals surface area contributed by atoms with Crippen molar-refractivity contribution in [1.29, 1.82) is 0 Å². The number of aromatic amines is 1. The van der Waals surface area contributed by atoms with Gasteiger partial charge in [0.1, 0.15) is 5.75 Å². The van der Waals surface area contributed by atoms with Crippen LogP contribution in [0.3, 0.4) is 0 Å². The zero-order valence-corrected chi connectivity index (χ0v) is 18.7. The number of ether oxygens (including phenoxy) is 1. The highest BCUT2D eigenvalue weighted by Gasteiger charge is 2.30. The van der Waals surface area contributed by atoms with E-state index in [1.165, 1.54) is 0 Å². The van der Waals surface area contributed by atoms with Crippen LogP contribution < -0.4 is 15.4 Å². The minimum atomic E-state index is -0.208. The van der Waals surface area contributed by atoms with Crippen LogP contribution in [-0.2, 0) is 16.0 Å². The molecule has 0 unspecified atom stereocenters. The lowest BCUT2D eigenvalue weighted by atomic mass is 9.92. The predicted octanol–water partition coefficient (Wildman–Crippen LogP) is 5.43. The molecule has 1 aliphatic heterocycles. The van der Waals surface area contributed by atoms with E-state index in [-0.39, 0.29) is 11.8 Å². The largest absolute Gasteiger partial charge is 0.495 e. The second-order valence-corrected chi connectivity index (χ2v) is 8.59. The van der Waals surface area contributed by atoms with Crippen LogP contribution in [0, 0.1) is 0 Å². The summed E-state index contributed by atoms with van der Waals surface area (Å²) in [6.07, 6.45) is 3.84. The Morgan fingerprint density at radius 1 is 1.06 bits per heavy atom. The van der Waals surface area contributed by atoms with Gasteiger partial charge in [-0.3, -0.25) is 9.59 Å². The van der Waals surface area contributed by atoms with Gasteiger partial charge in [-0.1, -0.05) is 36.4 Å². The molecule has 33 heavy (non-hydrogen) atoms. The Kier molecular flexibility index (Phi) is 5.54. The summed E-state index contributed by atoms with van der Waals surface area (Å²) in [5, 5.41) is 7.97. The van der Waals surface area contributed by atoms with Gasteiger partial charge in [-0.2, -0.15) is 0 Å². The Hall–Kier alpha value is -4.10. The van der Waals surface area contributed by atoms with Crippen LogP contribution in [0.25, 0.3) is 22.8 Å². The summed E-state index contributed by atoms with van der Waals surface area (Å²) in [6.45, 7) is 0. The lowest BCUT2D eigenvalue weighted by molar-refractivity contribution is -0.115. The Bertz CT molecular complexity index is 1350. The number of fused-ring (bicyclic) bond motifs is 1. The first-order valence-corrected chi connectivity index (χ1v) is 11.3. The molecule has 0 spiro atoms. The summed E-state index contributed by atoms with van der Waals surface area (Å²) in [5.74, 6) is 0.328. The van der Waals surface area contributed by atoms with E-state index in [1.807, 2.05) is 60.0 Å². The molecule has 0 radical (unpaired) electrons. The first-order chi connectivity index (χ1) is 16.1. The summed E-state index contributed by atoms with van der Waals surface area (Å²) in [7, 11) is 1.59. The molecule has 3 N–H and O–H groups in total. The Labute approximate surface area is 194 Å². The fourth-order valence-electron chi connectivity index (χ4n) is 4.01. The van der Waals surface area contributed by atoms with Gasteiger partial charge in [0.05, 0.1) is 24.8 Å². The standard InChI is InChI=1S/C26H21N3O3S/c1-32-22-11-12-27-21(22)15-18-25-20(29-26(18)31)10-9-19(24(25)16-6-3-2-4-7-16)28-23(30)14-17-8-5-13-33-17/h2-13,15,27H,14H2,1H3,(H,28,30)(H,29,31). The molecule has 2 amide bonds. The molecule has 2 aromatic carbocycles. The molecule has 1 aliphatic rings. The monoisotopic (exact) mass is 455 g/mol. The number of carbonyl (C=O) groups is 2. The predicted molar refractivity (Wildman–Crippen MR) is 132 cm³/mol. The first kappa shape index (κ1) is 20.8. The highest BCUT2D eigenvalue weighted by molar-refractivity contribution is 7.10. The van der Waals surface area contributed by atoms with Gasteiger partial charge in [0, 0.05) is 33.6 Å². The lowest BCUT2D eigenvalue weighted by Gasteiger charge is -2.16. The third kappa shape index (κ3) is 4.06. The molecule has 0 aliphatic carbocycles. The molecule has 4 aromatic rings. The molecule has 0 atom stereocenters. The van der Waals surface area contributed by atoms with Crippen molar-refractivity contribution in [3.05, 3.63) is 88.4 Å². The van der Waals surface area contributed by atoms with E-state index in [9.17, 15) is 9.59 Å². The van der Waals surface area contributed by atoms with Crippen molar-refractivity contribution in [1.82, 2.24) is 4.98 Å². The summed E-state index contributed by atoms with van der Waals surface area (Å²) < 4.78 is 5.40. The molecule has 6 nitrogen and oxygen atoms in total. The maximum absolute atomic E-state index is 13.0. The van der Waals surface area contributed by atoms with Gasteiger partial charge >= 0.3 is 0 Å². The van der Waals surface area contributed by atoms with E-state index in [0.717, 1.165) is 21.6 Å². The maximum atomic E-state index is 13.0. The first-order valence-electron chi connectivity index (χ1n) is 10.4. The van der Waals surface area contributed by atoms with Crippen LogP contribution in [0.4, 0.5) is 11.4 Å². The van der Waals surface area contributed by atoms with E-state index < -0.39 is 0 Å². The molecule has 0 bridgehead atoms. The zero-order chi connectivity index (χ0) is 22.8. The fourth-order valence-corrected chi connectivity index (χ4v) is 4.71. The van der Waals surface area contributed by atoms with Gasteiger partial charge in [0.2, 0.25) is 5.91 Å². The molecular formula is C26H21N3O3S. The van der Waals surface area contributed by atoms with Crippen molar-refractivity contribution in [3.63, 3.8) is 0 Å². The maximum Gasteiger partial charge on any atom is 0.256 e. The number of hydrogen-bond acceptors (Lipinski definition) is 4. The number of thiophene rings is 1. The highest BCUT2D eigenvalue weighted by atomic mass is 32.1. The van der Waals surface area contributed by atoms with Gasteiger partial charge in [-0.15, -0.1) is 11.3 Å². The molecule has 0 saturated carbocycles. The van der Waals surface area contributed by atoms with Gasteiger partial charge in [0.15, 0.2) is 0 Å². The molecule has 7 heteroatoms. The van der Waals surface area contributed by atoms with Gasteiger partial charge in [-0.05, 0) is 41.3 Å². The lowest BCUT2D eigenvalue weighted by Crippen LogP contribution is -2.14. The van der Waals surface area contributed by atoms with E-state index in [2.05, 4.69) is 15.6 Å². The van der Waals surface area contributed by atoms with E-state index >= 15 is 0 Å². The number of aromatic nitrogens is 1. The number of rotatable bonds is 6. The van der Waals surface area contributed by atoms with Crippen molar-refractivity contribution in [2.24, 2.45) is 0 Å². The third-order valence-corrected chi connectivity index (χ3v) is 6.34. The number of H-pyrrole nitrogens is 1. The second kappa shape index (κ2) is 8.80. The van der Waals surface area contributed by atoms with Gasteiger partial charge < -0.3 is 20.4 Å². The molecule has 0 fully saturated rings. The van der Waals surface area contributed by atoms with E-state index in [0.29, 0.717) is 34.8 Å². The summed E-state index contributed by atoms with van der Waals surface area (Å²) in [6, 6.07) is 19.1. The van der Waals surface area contributed by atoms with Gasteiger partial charge in [-0.25, -0.2) is 0 Å². The fraction of sp³-hybridized carbons (Fsp3) is 0.0769. The van der Waals surface area contributed by atoms with Crippen molar-refractivity contribution in [2.45, 2.75) is 6.42 Å². The summed E-state index contributed by atoms with van der Waals surface area (Å²) >= 11 is 1.55. The van der Waals surface area contributed by atoms with Crippen LogP contribution in [0.2, 0.25) is 0 Å². The third-order valence-electron chi connectivity index (χ3n) is 5.47. The molecule has 0 saturated heterocycles. The second-order valence-electron chi connectivity index (χ2n) is 7.55. The summed E-state index contributed by atoms with van der Waals surface area (Å²) in [5.41, 5.74) is 5.00. The number of amides is 2. The highest BCUT2D eigenvalue weighted by Crippen LogP contribution is 2.44. The van der Waals surface area contributed by atoms with Crippen LogP contribution >= 0.6 is 11.3 Å². The minimum Gasteiger partial charge on any atom is -0.495 e. The number of anilines is 2. The number of hydrogen-bond donors (Lipinski definition) is 3. The van der Waals surface area contributed by atoms with Crippen molar-refractivity contribution in [3.8, 4) is 16.9 Å². The Morgan fingerprint density at radius 2 is 1.91 bits per heavy atom. The zero-order valence-electron chi connectivity index (χ0n) is 17.8. The number of benzene rings is 2. The smallest absolute Gasteiger partial charge is 0.256 e.